The number of benzene rings is 1. The van der Waals surface area contributed by atoms with Crippen molar-refractivity contribution in [3.8, 4) is 11.5 Å². The number of hydrogen-bond acceptors (Lipinski definition) is 5. The molecule has 114 valence electrons. The van der Waals surface area contributed by atoms with Gasteiger partial charge in [0.1, 0.15) is 5.76 Å². The molecule has 1 saturated carbocycles. The minimum atomic E-state index is -0.492. The van der Waals surface area contributed by atoms with Crippen LogP contribution in [0, 0.1) is 6.92 Å². The van der Waals surface area contributed by atoms with Crippen molar-refractivity contribution in [2.75, 3.05) is 5.32 Å². The summed E-state index contributed by atoms with van der Waals surface area (Å²) in [6.45, 7) is 1.74. The maximum absolute atomic E-state index is 12.1. The zero-order chi connectivity index (χ0) is 15.2. The smallest absolute Gasteiger partial charge is 0.277 e. The highest BCUT2D eigenvalue weighted by molar-refractivity contribution is 6.02. The quantitative estimate of drug-likeness (QED) is 0.921. The summed E-state index contributed by atoms with van der Waals surface area (Å²) in [5.74, 6) is 1.20. The van der Waals surface area contributed by atoms with E-state index in [1.165, 1.54) is 0 Å². The number of ether oxygens (including phenoxy) is 2. The molecule has 6 nitrogen and oxygen atoms in total. The number of hydrogen-bond donors (Lipinski definition) is 1. The SMILES string of the molecule is Cc1cc(C(=O)Nc2ccc3c(c2)OC2(CCCC2)O3)no1. The van der Waals surface area contributed by atoms with Gasteiger partial charge in [0.25, 0.3) is 11.7 Å². The summed E-state index contributed by atoms with van der Waals surface area (Å²) >= 11 is 0. The first-order chi connectivity index (χ1) is 10.6. The van der Waals surface area contributed by atoms with Gasteiger partial charge in [-0.3, -0.25) is 4.79 Å². The molecule has 2 aliphatic rings. The Balaban J connectivity index is 1.52. The fourth-order valence-corrected chi connectivity index (χ4v) is 2.96. The summed E-state index contributed by atoms with van der Waals surface area (Å²) in [5, 5.41) is 6.48. The van der Waals surface area contributed by atoms with Crippen LogP contribution in [-0.2, 0) is 0 Å². The second kappa shape index (κ2) is 4.76. The Hall–Kier alpha value is -2.50. The molecule has 1 fully saturated rings. The largest absolute Gasteiger partial charge is 0.448 e. The van der Waals surface area contributed by atoms with Gasteiger partial charge in [-0.2, -0.15) is 0 Å². The van der Waals surface area contributed by atoms with Gasteiger partial charge in [-0.15, -0.1) is 0 Å². The van der Waals surface area contributed by atoms with Crippen molar-refractivity contribution >= 4 is 11.6 Å². The molecular formula is C16H16N2O4. The van der Waals surface area contributed by atoms with Gasteiger partial charge in [0, 0.05) is 30.7 Å². The Morgan fingerprint density at radius 1 is 1.18 bits per heavy atom. The number of aromatic nitrogens is 1. The van der Waals surface area contributed by atoms with E-state index in [2.05, 4.69) is 10.5 Å². The molecular weight excluding hydrogens is 284 g/mol. The van der Waals surface area contributed by atoms with E-state index in [9.17, 15) is 4.79 Å². The summed E-state index contributed by atoms with van der Waals surface area (Å²) in [4.78, 5) is 12.1. The van der Waals surface area contributed by atoms with Crippen LogP contribution in [0.4, 0.5) is 5.69 Å². The van der Waals surface area contributed by atoms with Gasteiger partial charge in [0.2, 0.25) is 0 Å². The molecule has 2 heterocycles. The fraction of sp³-hybridized carbons (Fsp3) is 0.375. The van der Waals surface area contributed by atoms with Gasteiger partial charge < -0.3 is 19.3 Å². The van der Waals surface area contributed by atoms with Crippen molar-refractivity contribution in [1.29, 1.82) is 0 Å². The van der Waals surface area contributed by atoms with E-state index in [0.717, 1.165) is 31.4 Å². The molecule has 2 aromatic rings. The van der Waals surface area contributed by atoms with Gasteiger partial charge in [-0.1, -0.05) is 5.16 Å². The zero-order valence-electron chi connectivity index (χ0n) is 12.2. The van der Waals surface area contributed by atoms with Crippen LogP contribution in [0.5, 0.6) is 11.5 Å². The molecule has 1 aliphatic carbocycles. The van der Waals surface area contributed by atoms with Crippen molar-refractivity contribution in [2.45, 2.75) is 38.4 Å². The molecule has 0 bridgehead atoms. The predicted molar refractivity (Wildman–Crippen MR) is 78.1 cm³/mol. The highest BCUT2D eigenvalue weighted by Crippen LogP contribution is 2.47. The normalized spacial score (nSPS) is 17.9. The molecule has 0 radical (unpaired) electrons. The molecule has 1 aromatic heterocycles. The van der Waals surface area contributed by atoms with Crippen LogP contribution in [0.1, 0.15) is 41.9 Å². The summed E-state index contributed by atoms with van der Waals surface area (Å²) < 4.78 is 16.8. The fourth-order valence-electron chi connectivity index (χ4n) is 2.96. The Kier molecular flexibility index (Phi) is 2.85. The molecule has 0 atom stereocenters. The lowest BCUT2D eigenvalue weighted by Gasteiger charge is -2.21. The summed E-state index contributed by atoms with van der Waals surface area (Å²) in [5.41, 5.74) is 0.894. The molecule has 6 heteroatoms. The van der Waals surface area contributed by atoms with Crippen molar-refractivity contribution in [3.63, 3.8) is 0 Å². The minimum Gasteiger partial charge on any atom is -0.448 e. The molecule has 0 saturated heterocycles. The van der Waals surface area contributed by atoms with E-state index < -0.39 is 5.79 Å². The van der Waals surface area contributed by atoms with Crippen LogP contribution >= 0.6 is 0 Å². The average Bonchev–Trinajstić information content (AvgIpc) is 3.19. The van der Waals surface area contributed by atoms with E-state index in [4.69, 9.17) is 14.0 Å². The number of anilines is 1. The third-order valence-corrected chi connectivity index (χ3v) is 4.02. The van der Waals surface area contributed by atoms with Crippen molar-refractivity contribution in [2.24, 2.45) is 0 Å². The number of carbonyl (C=O) groups is 1. The Morgan fingerprint density at radius 2 is 1.95 bits per heavy atom. The highest BCUT2D eigenvalue weighted by Gasteiger charge is 2.44. The number of fused-ring (bicyclic) bond motifs is 1. The number of carbonyl (C=O) groups excluding carboxylic acids is 1. The molecule has 1 aromatic carbocycles. The van der Waals surface area contributed by atoms with Gasteiger partial charge in [0.05, 0.1) is 0 Å². The first-order valence-corrected chi connectivity index (χ1v) is 7.40. The van der Waals surface area contributed by atoms with Gasteiger partial charge in [0.15, 0.2) is 17.2 Å². The molecule has 1 amide bonds. The van der Waals surface area contributed by atoms with E-state index in [1.807, 2.05) is 6.07 Å². The second-order valence-corrected chi connectivity index (χ2v) is 5.76. The summed E-state index contributed by atoms with van der Waals surface area (Å²) in [6.07, 6.45) is 4.04. The maximum atomic E-state index is 12.1. The molecule has 0 unspecified atom stereocenters. The lowest BCUT2D eigenvalue weighted by atomic mass is 10.2. The van der Waals surface area contributed by atoms with Gasteiger partial charge in [-0.05, 0) is 31.9 Å². The molecule has 22 heavy (non-hydrogen) atoms. The van der Waals surface area contributed by atoms with Crippen LogP contribution in [0.2, 0.25) is 0 Å². The van der Waals surface area contributed by atoms with E-state index >= 15 is 0 Å². The monoisotopic (exact) mass is 300 g/mol. The van der Waals surface area contributed by atoms with Crippen LogP contribution in [0.25, 0.3) is 0 Å². The molecule has 1 aliphatic heterocycles. The third-order valence-electron chi connectivity index (χ3n) is 4.02. The van der Waals surface area contributed by atoms with Crippen molar-refractivity contribution in [1.82, 2.24) is 5.16 Å². The Morgan fingerprint density at radius 3 is 2.68 bits per heavy atom. The standard InChI is InChI=1S/C16H16N2O4/c1-10-8-12(18-22-10)15(19)17-11-4-5-13-14(9-11)21-16(20-13)6-2-3-7-16/h4-5,8-9H,2-3,6-7H2,1H3,(H,17,19). The second-order valence-electron chi connectivity index (χ2n) is 5.76. The van der Waals surface area contributed by atoms with Crippen LogP contribution in [-0.4, -0.2) is 16.9 Å². The molecule has 1 N–H and O–H groups in total. The number of amides is 1. The molecule has 4 rings (SSSR count). The van der Waals surface area contributed by atoms with Gasteiger partial charge >= 0.3 is 0 Å². The molecule has 1 spiro atoms. The van der Waals surface area contributed by atoms with E-state index in [-0.39, 0.29) is 11.6 Å². The van der Waals surface area contributed by atoms with Crippen LogP contribution in [0.3, 0.4) is 0 Å². The maximum Gasteiger partial charge on any atom is 0.277 e. The predicted octanol–water partition coefficient (Wildman–Crippen LogP) is 3.28. The summed E-state index contributed by atoms with van der Waals surface area (Å²) in [7, 11) is 0. The first-order valence-electron chi connectivity index (χ1n) is 7.40. The zero-order valence-corrected chi connectivity index (χ0v) is 12.2. The van der Waals surface area contributed by atoms with Crippen molar-refractivity contribution in [3.05, 3.63) is 35.7 Å². The minimum absolute atomic E-state index is 0.252. The first kappa shape index (κ1) is 13.2. The number of rotatable bonds is 2. The lowest BCUT2D eigenvalue weighted by Crippen LogP contribution is -2.34. The number of nitrogens with one attached hydrogen (secondary N) is 1. The number of nitrogens with zero attached hydrogens (tertiary/aromatic N) is 1. The highest BCUT2D eigenvalue weighted by atomic mass is 16.7. The lowest BCUT2D eigenvalue weighted by molar-refractivity contribution is -0.0716. The Bertz CT molecular complexity index is 731. The van der Waals surface area contributed by atoms with Gasteiger partial charge in [-0.25, -0.2) is 0 Å². The van der Waals surface area contributed by atoms with Crippen LogP contribution in [0.15, 0.2) is 28.8 Å². The Labute approximate surface area is 127 Å². The van der Waals surface area contributed by atoms with E-state index in [1.54, 1.807) is 25.1 Å². The van der Waals surface area contributed by atoms with Crippen molar-refractivity contribution < 1.29 is 18.8 Å². The van der Waals surface area contributed by atoms with Crippen LogP contribution < -0.4 is 14.8 Å². The van der Waals surface area contributed by atoms with E-state index in [0.29, 0.717) is 17.2 Å². The summed E-state index contributed by atoms with van der Waals surface area (Å²) in [6, 6.07) is 7.00. The average molecular weight is 300 g/mol. The number of aryl methyl sites for hydroxylation is 1. The third kappa shape index (κ3) is 2.20. The topological polar surface area (TPSA) is 73.6 Å².